The van der Waals surface area contributed by atoms with E-state index in [-0.39, 0.29) is 4.75 Å². The second-order valence-corrected chi connectivity index (χ2v) is 7.46. The van der Waals surface area contributed by atoms with Gasteiger partial charge in [0.1, 0.15) is 10.6 Å². The van der Waals surface area contributed by atoms with Crippen LogP contribution in [0.25, 0.3) is 10.2 Å². The van der Waals surface area contributed by atoms with E-state index < -0.39 is 0 Å². The number of hydrogen-bond donors (Lipinski definition) is 2. The van der Waals surface area contributed by atoms with Gasteiger partial charge in [-0.2, -0.15) is 16.7 Å². The summed E-state index contributed by atoms with van der Waals surface area (Å²) >= 11 is 3.57. The third kappa shape index (κ3) is 3.01. The molecule has 0 aliphatic carbocycles. The lowest BCUT2D eigenvalue weighted by Crippen LogP contribution is -2.32. The van der Waals surface area contributed by atoms with E-state index in [0.29, 0.717) is 5.95 Å². The molecule has 0 radical (unpaired) electrons. The minimum atomic E-state index is 0.247. The van der Waals surface area contributed by atoms with E-state index in [9.17, 15) is 0 Å². The first-order valence-corrected chi connectivity index (χ1v) is 8.90. The van der Waals surface area contributed by atoms with Crippen LogP contribution in [0.1, 0.15) is 31.6 Å². The maximum Gasteiger partial charge on any atom is 0.223 e. The molecule has 2 aromatic rings. The fourth-order valence-electron chi connectivity index (χ4n) is 2.30. The van der Waals surface area contributed by atoms with Gasteiger partial charge in [-0.3, -0.25) is 0 Å². The molecule has 0 atom stereocenters. The largest absolute Gasteiger partial charge is 0.368 e. The molecule has 110 valence electrons. The molecule has 20 heavy (non-hydrogen) atoms. The highest BCUT2D eigenvalue weighted by Gasteiger charge is 2.25. The molecule has 2 rings (SSSR count). The highest BCUT2D eigenvalue weighted by Crippen LogP contribution is 2.33. The van der Waals surface area contributed by atoms with Gasteiger partial charge < -0.3 is 11.1 Å². The summed E-state index contributed by atoms with van der Waals surface area (Å²) in [7, 11) is 0. The van der Waals surface area contributed by atoms with Crippen molar-refractivity contribution in [3.63, 3.8) is 0 Å². The average molecular weight is 310 g/mol. The van der Waals surface area contributed by atoms with Crippen molar-refractivity contribution in [3.05, 3.63) is 10.9 Å². The summed E-state index contributed by atoms with van der Waals surface area (Å²) in [6.45, 7) is 7.44. The fourth-order valence-corrected chi connectivity index (χ4v) is 3.98. The van der Waals surface area contributed by atoms with Gasteiger partial charge in [0.2, 0.25) is 5.95 Å². The van der Waals surface area contributed by atoms with Gasteiger partial charge >= 0.3 is 0 Å². The summed E-state index contributed by atoms with van der Waals surface area (Å²) in [4.78, 5) is 10.9. The maximum atomic E-state index is 5.81. The summed E-state index contributed by atoms with van der Waals surface area (Å²) in [5, 5.41) is 4.56. The topological polar surface area (TPSA) is 63.8 Å². The number of nitrogens with one attached hydrogen (secondary N) is 1. The fraction of sp³-hybridized carbons (Fsp3) is 0.571. The van der Waals surface area contributed by atoms with Crippen molar-refractivity contribution in [2.75, 3.05) is 23.9 Å². The molecule has 0 fully saturated rings. The van der Waals surface area contributed by atoms with E-state index in [1.807, 2.05) is 11.8 Å². The van der Waals surface area contributed by atoms with Gasteiger partial charge in [0.15, 0.2) is 0 Å². The first-order chi connectivity index (χ1) is 9.53. The third-order valence-corrected chi connectivity index (χ3v) is 6.37. The van der Waals surface area contributed by atoms with Crippen molar-refractivity contribution in [1.29, 1.82) is 0 Å². The van der Waals surface area contributed by atoms with E-state index in [4.69, 9.17) is 5.73 Å². The molecule has 3 N–H and O–H groups in total. The SMILES string of the molecule is CCC(CC)(CNc1nc(N)nc2sc(C)cc12)SC. The molecule has 0 amide bonds. The number of rotatable bonds is 6. The number of hydrogen-bond acceptors (Lipinski definition) is 6. The normalized spacial score (nSPS) is 12.0. The van der Waals surface area contributed by atoms with Gasteiger partial charge in [0.05, 0.1) is 5.39 Å². The van der Waals surface area contributed by atoms with Crippen molar-refractivity contribution >= 4 is 45.1 Å². The van der Waals surface area contributed by atoms with E-state index in [0.717, 1.165) is 35.4 Å². The van der Waals surface area contributed by atoms with Gasteiger partial charge in [-0.1, -0.05) is 13.8 Å². The third-order valence-electron chi connectivity index (χ3n) is 3.83. The van der Waals surface area contributed by atoms with E-state index in [1.54, 1.807) is 11.3 Å². The maximum absolute atomic E-state index is 5.81. The minimum absolute atomic E-state index is 0.247. The molecule has 2 aromatic heterocycles. The zero-order valence-electron chi connectivity index (χ0n) is 12.5. The van der Waals surface area contributed by atoms with Crippen molar-refractivity contribution in [2.45, 2.75) is 38.4 Å². The lowest BCUT2D eigenvalue weighted by molar-refractivity contribution is 0.574. The molecule has 2 heterocycles. The van der Waals surface area contributed by atoms with Gasteiger partial charge in [0.25, 0.3) is 0 Å². The Labute approximate surface area is 128 Å². The second-order valence-electron chi connectivity index (χ2n) is 4.95. The first-order valence-electron chi connectivity index (χ1n) is 6.86. The van der Waals surface area contributed by atoms with Gasteiger partial charge in [-0.05, 0) is 32.1 Å². The molecule has 0 spiro atoms. The molecule has 0 bridgehead atoms. The zero-order chi connectivity index (χ0) is 14.8. The Morgan fingerprint density at radius 2 is 2.05 bits per heavy atom. The van der Waals surface area contributed by atoms with Crippen LogP contribution < -0.4 is 11.1 Å². The Kier molecular flexibility index (Phi) is 4.75. The number of thioether (sulfide) groups is 1. The number of nitrogen functional groups attached to an aromatic ring is 1. The molecule has 0 saturated heterocycles. The summed E-state index contributed by atoms with van der Waals surface area (Å²) in [5.41, 5.74) is 5.81. The molecule has 0 aromatic carbocycles. The Hall–Kier alpha value is -1.01. The quantitative estimate of drug-likeness (QED) is 0.846. The van der Waals surface area contributed by atoms with Gasteiger partial charge in [-0.15, -0.1) is 11.3 Å². The first kappa shape index (κ1) is 15.4. The summed E-state index contributed by atoms with van der Waals surface area (Å²) in [6, 6.07) is 2.13. The van der Waals surface area contributed by atoms with Crippen LogP contribution in [0.4, 0.5) is 11.8 Å². The number of aryl methyl sites for hydroxylation is 1. The van der Waals surface area contributed by atoms with Crippen LogP contribution in [-0.4, -0.2) is 27.5 Å². The Balaban J connectivity index is 2.29. The van der Waals surface area contributed by atoms with E-state index in [1.165, 1.54) is 4.88 Å². The highest BCUT2D eigenvalue weighted by molar-refractivity contribution is 8.00. The van der Waals surface area contributed by atoms with Crippen molar-refractivity contribution in [2.24, 2.45) is 0 Å². The Morgan fingerprint density at radius 3 is 2.65 bits per heavy atom. The predicted octanol–water partition coefficient (Wildman–Crippen LogP) is 3.92. The number of thiophene rings is 1. The van der Waals surface area contributed by atoms with Crippen LogP contribution in [-0.2, 0) is 0 Å². The lowest BCUT2D eigenvalue weighted by atomic mass is 10.0. The number of nitrogens with two attached hydrogens (primary N) is 1. The van der Waals surface area contributed by atoms with Gasteiger partial charge in [-0.25, -0.2) is 4.98 Å². The van der Waals surface area contributed by atoms with Crippen LogP contribution in [0.3, 0.4) is 0 Å². The molecule has 0 saturated carbocycles. The molecular weight excluding hydrogens is 288 g/mol. The Morgan fingerprint density at radius 1 is 1.35 bits per heavy atom. The molecule has 0 aliphatic rings. The minimum Gasteiger partial charge on any atom is -0.368 e. The van der Waals surface area contributed by atoms with Gasteiger partial charge in [0, 0.05) is 16.2 Å². The zero-order valence-corrected chi connectivity index (χ0v) is 14.1. The highest BCUT2D eigenvalue weighted by atomic mass is 32.2. The number of aromatic nitrogens is 2. The number of nitrogens with zero attached hydrogens (tertiary/aromatic N) is 2. The monoisotopic (exact) mass is 310 g/mol. The number of fused-ring (bicyclic) bond motifs is 1. The van der Waals surface area contributed by atoms with Crippen LogP contribution in [0.15, 0.2) is 6.07 Å². The van der Waals surface area contributed by atoms with Crippen LogP contribution in [0.5, 0.6) is 0 Å². The summed E-state index contributed by atoms with van der Waals surface area (Å²) < 4.78 is 0.247. The summed E-state index contributed by atoms with van der Waals surface area (Å²) in [5.74, 6) is 1.20. The molecular formula is C14H22N4S2. The predicted molar refractivity (Wildman–Crippen MR) is 91.9 cm³/mol. The van der Waals surface area contributed by atoms with Crippen molar-refractivity contribution in [3.8, 4) is 0 Å². The molecule has 4 nitrogen and oxygen atoms in total. The lowest BCUT2D eigenvalue weighted by Gasteiger charge is -2.30. The van der Waals surface area contributed by atoms with Crippen LogP contribution in [0.2, 0.25) is 0 Å². The summed E-state index contributed by atoms with van der Waals surface area (Å²) in [6.07, 6.45) is 4.43. The van der Waals surface area contributed by atoms with Crippen LogP contribution in [0, 0.1) is 6.92 Å². The van der Waals surface area contributed by atoms with Crippen LogP contribution >= 0.6 is 23.1 Å². The molecule has 6 heteroatoms. The smallest absolute Gasteiger partial charge is 0.223 e. The van der Waals surface area contributed by atoms with E-state index >= 15 is 0 Å². The average Bonchev–Trinajstić information content (AvgIpc) is 2.81. The molecule has 0 aliphatic heterocycles. The molecule has 0 unspecified atom stereocenters. The van der Waals surface area contributed by atoms with Crippen molar-refractivity contribution < 1.29 is 0 Å². The Bertz CT molecular complexity index is 582. The number of anilines is 2. The van der Waals surface area contributed by atoms with Crippen molar-refractivity contribution in [1.82, 2.24) is 9.97 Å². The second kappa shape index (κ2) is 6.18. The van der Waals surface area contributed by atoms with E-state index in [2.05, 4.69) is 48.4 Å². The standard InChI is InChI=1S/C14H22N4S2/c1-5-14(6-2,19-4)8-16-11-10-7-9(3)20-12(10)18-13(15)17-11/h7H,5-6,8H2,1-4H3,(H3,15,16,17,18).